The third-order valence-electron chi connectivity index (χ3n) is 6.02. The lowest BCUT2D eigenvalue weighted by molar-refractivity contribution is -0.128. The van der Waals surface area contributed by atoms with Gasteiger partial charge in [0.15, 0.2) is 11.0 Å². The molecule has 1 unspecified atom stereocenters. The summed E-state index contributed by atoms with van der Waals surface area (Å²) < 4.78 is 1.86. The Hall–Kier alpha value is -2.42. The van der Waals surface area contributed by atoms with Crippen LogP contribution in [-0.2, 0) is 16.1 Å². The highest BCUT2D eigenvalue weighted by Crippen LogP contribution is 2.27. The number of hydrogen-bond donors (Lipinski definition) is 1. The molecule has 8 nitrogen and oxygen atoms in total. The Morgan fingerprint density at radius 2 is 2.06 bits per heavy atom. The molecule has 2 amide bonds. The minimum absolute atomic E-state index is 0.0161. The van der Waals surface area contributed by atoms with Gasteiger partial charge in [0.05, 0.1) is 11.8 Å². The highest BCUT2D eigenvalue weighted by Gasteiger charge is 2.26. The lowest BCUT2D eigenvalue weighted by atomic mass is 9.89. The van der Waals surface area contributed by atoms with E-state index >= 15 is 0 Å². The van der Waals surface area contributed by atoms with Crippen molar-refractivity contribution in [1.29, 1.82) is 0 Å². The first-order chi connectivity index (χ1) is 15.1. The molecular formula is C22H30N6O2S. The maximum absolute atomic E-state index is 12.7. The summed E-state index contributed by atoms with van der Waals surface area (Å²) >= 11 is 1.37. The average molecular weight is 443 g/mol. The van der Waals surface area contributed by atoms with Gasteiger partial charge in [-0.25, -0.2) is 4.98 Å². The van der Waals surface area contributed by atoms with E-state index in [9.17, 15) is 9.59 Å². The van der Waals surface area contributed by atoms with E-state index in [1.165, 1.54) is 43.9 Å². The van der Waals surface area contributed by atoms with Crippen molar-refractivity contribution < 1.29 is 9.59 Å². The summed E-state index contributed by atoms with van der Waals surface area (Å²) in [7, 11) is 0. The van der Waals surface area contributed by atoms with Gasteiger partial charge in [-0.3, -0.25) is 14.2 Å². The molecule has 0 bridgehead atoms. The second-order valence-electron chi connectivity index (χ2n) is 8.35. The van der Waals surface area contributed by atoms with Crippen molar-refractivity contribution in [2.75, 3.05) is 13.1 Å². The number of amides is 2. The van der Waals surface area contributed by atoms with Crippen LogP contribution in [0.15, 0.2) is 29.6 Å². The molecule has 4 rings (SSSR count). The number of thioether (sulfide) groups is 1. The van der Waals surface area contributed by atoms with Crippen LogP contribution in [0.2, 0.25) is 0 Å². The van der Waals surface area contributed by atoms with Crippen LogP contribution in [0.3, 0.4) is 0 Å². The molecule has 1 aliphatic carbocycles. The Bertz CT molecular complexity index is 897. The van der Waals surface area contributed by atoms with E-state index in [0.29, 0.717) is 35.7 Å². The highest BCUT2D eigenvalue weighted by molar-refractivity contribution is 8.00. The number of carbonyl (C=O) groups is 2. The first-order valence-electron chi connectivity index (χ1n) is 11.2. The van der Waals surface area contributed by atoms with Gasteiger partial charge in [0.1, 0.15) is 5.82 Å². The molecule has 1 atom stereocenters. The third kappa shape index (κ3) is 5.44. The number of nitrogens with zero attached hydrogens (tertiary/aromatic N) is 5. The molecule has 31 heavy (non-hydrogen) atoms. The number of rotatable bonds is 8. The minimum atomic E-state index is -0.309. The Morgan fingerprint density at radius 3 is 2.77 bits per heavy atom. The highest BCUT2D eigenvalue weighted by atomic mass is 32.2. The zero-order valence-electron chi connectivity index (χ0n) is 18.0. The van der Waals surface area contributed by atoms with Gasteiger partial charge in [0.2, 0.25) is 11.8 Å². The number of carbonyl (C=O) groups excluding carboxylic acids is 2. The second kappa shape index (κ2) is 10.3. The van der Waals surface area contributed by atoms with E-state index in [4.69, 9.17) is 0 Å². The maximum Gasteiger partial charge on any atom is 0.233 e. The number of aromatic nitrogens is 4. The van der Waals surface area contributed by atoms with Crippen LogP contribution in [0.1, 0.15) is 57.7 Å². The molecule has 1 saturated heterocycles. The molecule has 2 aromatic heterocycles. The molecule has 1 aliphatic heterocycles. The Balaban J connectivity index is 1.46. The number of hydrogen-bond acceptors (Lipinski definition) is 6. The molecule has 0 aromatic carbocycles. The van der Waals surface area contributed by atoms with Gasteiger partial charge in [0.25, 0.3) is 0 Å². The van der Waals surface area contributed by atoms with Gasteiger partial charge in [-0.2, -0.15) is 0 Å². The summed E-state index contributed by atoms with van der Waals surface area (Å²) in [5.41, 5.74) is 0. The molecule has 1 N–H and O–H groups in total. The fourth-order valence-corrected chi connectivity index (χ4v) is 5.13. The fraction of sp³-hybridized carbons (Fsp3) is 0.591. The lowest BCUT2D eigenvalue weighted by Gasteiger charge is -2.22. The third-order valence-corrected chi connectivity index (χ3v) is 7.07. The van der Waals surface area contributed by atoms with Crippen LogP contribution in [0, 0.1) is 5.92 Å². The van der Waals surface area contributed by atoms with Crippen molar-refractivity contribution >= 4 is 23.6 Å². The number of nitrogens with one attached hydrogen (secondary N) is 1. The van der Waals surface area contributed by atoms with Crippen LogP contribution in [-0.4, -0.2) is 54.8 Å². The molecule has 3 heterocycles. The first kappa shape index (κ1) is 21.8. The predicted molar refractivity (Wildman–Crippen MR) is 119 cm³/mol. The first-order valence-corrected chi connectivity index (χ1v) is 12.1. The van der Waals surface area contributed by atoms with Gasteiger partial charge in [-0.1, -0.05) is 37.1 Å². The topological polar surface area (TPSA) is 93.0 Å². The molecule has 0 spiro atoms. The van der Waals surface area contributed by atoms with E-state index in [2.05, 4.69) is 20.5 Å². The van der Waals surface area contributed by atoms with E-state index in [0.717, 1.165) is 19.5 Å². The van der Waals surface area contributed by atoms with Crippen LogP contribution in [0.5, 0.6) is 0 Å². The van der Waals surface area contributed by atoms with Crippen LogP contribution in [0.25, 0.3) is 5.82 Å². The minimum Gasteiger partial charge on any atom is -0.355 e. The molecule has 2 fully saturated rings. The Morgan fingerprint density at radius 1 is 1.23 bits per heavy atom. The molecule has 2 aromatic rings. The van der Waals surface area contributed by atoms with Crippen molar-refractivity contribution in [2.24, 2.45) is 5.92 Å². The number of likely N-dealkylation sites (tertiary alicyclic amines) is 1. The summed E-state index contributed by atoms with van der Waals surface area (Å²) in [6, 6.07) is 5.64. The lowest BCUT2D eigenvalue weighted by Crippen LogP contribution is -2.35. The second-order valence-corrected chi connectivity index (χ2v) is 9.66. The Labute approximate surface area is 187 Å². The van der Waals surface area contributed by atoms with Crippen LogP contribution >= 0.6 is 11.8 Å². The van der Waals surface area contributed by atoms with Crippen molar-refractivity contribution in [3.8, 4) is 5.82 Å². The van der Waals surface area contributed by atoms with Gasteiger partial charge in [-0.05, 0) is 44.2 Å². The Kier molecular flexibility index (Phi) is 7.21. The summed E-state index contributed by atoms with van der Waals surface area (Å²) in [4.78, 5) is 31.1. The molecule has 0 radical (unpaired) electrons. The van der Waals surface area contributed by atoms with E-state index in [1.807, 2.05) is 29.7 Å². The summed E-state index contributed by atoms with van der Waals surface area (Å²) in [5, 5.41) is 12.1. The SMILES string of the molecule is CC(Sc1nnc(CN2CCCC2=O)n1-c1ccccn1)C(=O)NCC1CCCCC1. The summed E-state index contributed by atoms with van der Waals surface area (Å²) in [6.45, 7) is 3.77. The van der Waals surface area contributed by atoms with Crippen LogP contribution < -0.4 is 5.32 Å². The monoisotopic (exact) mass is 442 g/mol. The average Bonchev–Trinajstić information content (AvgIpc) is 3.39. The molecular weight excluding hydrogens is 412 g/mol. The largest absolute Gasteiger partial charge is 0.355 e. The molecule has 2 aliphatic rings. The van der Waals surface area contributed by atoms with E-state index in [-0.39, 0.29) is 17.1 Å². The normalized spacial score (nSPS) is 18.4. The summed E-state index contributed by atoms with van der Waals surface area (Å²) in [5.74, 6) is 2.09. The quantitative estimate of drug-likeness (QED) is 0.632. The van der Waals surface area contributed by atoms with Gasteiger partial charge >= 0.3 is 0 Å². The van der Waals surface area contributed by atoms with Crippen LogP contribution in [0.4, 0.5) is 0 Å². The molecule has 166 valence electrons. The van der Waals surface area contributed by atoms with Gasteiger partial charge in [-0.15, -0.1) is 10.2 Å². The van der Waals surface area contributed by atoms with Gasteiger partial charge < -0.3 is 10.2 Å². The maximum atomic E-state index is 12.7. The predicted octanol–water partition coefficient (Wildman–Crippen LogP) is 2.96. The van der Waals surface area contributed by atoms with Crippen molar-refractivity contribution in [2.45, 2.75) is 68.8 Å². The zero-order chi connectivity index (χ0) is 21.6. The summed E-state index contributed by atoms with van der Waals surface area (Å²) in [6.07, 6.45) is 9.41. The fourth-order valence-electron chi connectivity index (χ4n) is 4.23. The number of pyridine rings is 1. The zero-order valence-corrected chi connectivity index (χ0v) is 18.8. The van der Waals surface area contributed by atoms with Crippen molar-refractivity contribution in [3.05, 3.63) is 30.2 Å². The van der Waals surface area contributed by atoms with E-state index < -0.39 is 0 Å². The van der Waals surface area contributed by atoms with Crippen molar-refractivity contribution in [3.63, 3.8) is 0 Å². The molecule has 9 heteroatoms. The smallest absolute Gasteiger partial charge is 0.233 e. The van der Waals surface area contributed by atoms with E-state index in [1.54, 1.807) is 11.1 Å². The molecule has 1 saturated carbocycles. The van der Waals surface area contributed by atoms with Crippen molar-refractivity contribution in [1.82, 2.24) is 30.0 Å². The van der Waals surface area contributed by atoms with Gasteiger partial charge in [0, 0.05) is 25.7 Å². The standard InChI is InChI=1S/C22H30N6O2S/c1-16(21(30)24-14-17-8-3-2-4-9-17)31-22-26-25-19(15-27-13-7-11-20(27)29)28(22)18-10-5-6-12-23-18/h5-6,10,12,16-17H,2-4,7-9,11,13-15H2,1H3,(H,24,30).